The van der Waals surface area contributed by atoms with E-state index in [0.717, 1.165) is 25.2 Å². The minimum atomic E-state index is 0.455. The number of nitrogens with zero attached hydrogens (tertiary/aromatic N) is 4. The summed E-state index contributed by atoms with van der Waals surface area (Å²) >= 11 is 0. The molecule has 0 unspecified atom stereocenters. The Bertz CT molecular complexity index is 348. The molecule has 1 aromatic rings. The van der Waals surface area contributed by atoms with E-state index in [1.807, 2.05) is 16.6 Å². The molecule has 0 spiro atoms. The summed E-state index contributed by atoms with van der Waals surface area (Å²) in [5.41, 5.74) is 2.31. The summed E-state index contributed by atoms with van der Waals surface area (Å²) in [4.78, 5) is 1.99. The standard InChI is InChI=1S/C11H18N4/c1-4-10-8-11(15(5-2)13-10)9-14(3)7-6-12/h8H,4-5,7,9H2,1-3H3. The highest BCUT2D eigenvalue weighted by Crippen LogP contribution is 2.07. The highest BCUT2D eigenvalue weighted by Gasteiger charge is 2.07. The van der Waals surface area contributed by atoms with Gasteiger partial charge in [-0.15, -0.1) is 0 Å². The molecule has 0 saturated carbocycles. The van der Waals surface area contributed by atoms with Crippen LogP contribution in [0.4, 0.5) is 0 Å². The van der Waals surface area contributed by atoms with Gasteiger partial charge in [0.25, 0.3) is 0 Å². The van der Waals surface area contributed by atoms with E-state index in [1.54, 1.807) is 0 Å². The zero-order valence-corrected chi connectivity index (χ0v) is 9.69. The van der Waals surface area contributed by atoms with Gasteiger partial charge in [-0.1, -0.05) is 6.92 Å². The summed E-state index contributed by atoms with van der Waals surface area (Å²) in [6, 6.07) is 4.26. The van der Waals surface area contributed by atoms with Crippen LogP contribution in [0, 0.1) is 11.3 Å². The summed E-state index contributed by atoms with van der Waals surface area (Å²) in [6.45, 7) is 6.31. The number of hydrogen-bond donors (Lipinski definition) is 0. The van der Waals surface area contributed by atoms with Gasteiger partial charge in [0, 0.05) is 13.1 Å². The second-order valence-electron chi connectivity index (χ2n) is 3.63. The summed E-state index contributed by atoms with van der Waals surface area (Å²) in [6.07, 6.45) is 0.960. The van der Waals surface area contributed by atoms with Crippen LogP contribution >= 0.6 is 0 Å². The Morgan fingerprint density at radius 2 is 2.27 bits per heavy atom. The Labute approximate surface area is 91.1 Å². The molecule has 1 rings (SSSR count). The molecule has 0 bridgehead atoms. The van der Waals surface area contributed by atoms with Gasteiger partial charge < -0.3 is 0 Å². The minimum Gasteiger partial charge on any atom is -0.288 e. The van der Waals surface area contributed by atoms with E-state index in [-0.39, 0.29) is 0 Å². The Balaban J connectivity index is 2.75. The van der Waals surface area contributed by atoms with E-state index >= 15 is 0 Å². The quantitative estimate of drug-likeness (QED) is 0.684. The molecule has 0 N–H and O–H groups in total. The third kappa shape index (κ3) is 3.07. The second kappa shape index (κ2) is 5.52. The lowest BCUT2D eigenvalue weighted by Gasteiger charge is -2.12. The van der Waals surface area contributed by atoms with Gasteiger partial charge in [-0.25, -0.2) is 0 Å². The van der Waals surface area contributed by atoms with E-state index in [0.29, 0.717) is 6.54 Å². The van der Waals surface area contributed by atoms with Crippen molar-refractivity contribution in [2.75, 3.05) is 13.6 Å². The zero-order valence-electron chi connectivity index (χ0n) is 9.69. The Kier molecular flexibility index (Phi) is 4.32. The number of rotatable bonds is 5. The van der Waals surface area contributed by atoms with E-state index in [1.165, 1.54) is 5.69 Å². The molecule has 4 nitrogen and oxygen atoms in total. The average molecular weight is 206 g/mol. The van der Waals surface area contributed by atoms with Crippen molar-refractivity contribution in [2.24, 2.45) is 0 Å². The SMILES string of the molecule is CCc1cc(CN(C)CC#N)n(CC)n1. The minimum absolute atomic E-state index is 0.455. The summed E-state index contributed by atoms with van der Waals surface area (Å²) in [5.74, 6) is 0. The van der Waals surface area contributed by atoms with Gasteiger partial charge in [0.2, 0.25) is 0 Å². The topological polar surface area (TPSA) is 44.9 Å². The lowest BCUT2D eigenvalue weighted by Crippen LogP contribution is -2.20. The number of nitriles is 1. The first-order chi connectivity index (χ1) is 7.21. The average Bonchev–Trinajstić information content (AvgIpc) is 2.60. The van der Waals surface area contributed by atoms with Crippen molar-refractivity contribution in [1.29, 1.82) is 5.26 Å². The van der Waals surface area contributed by atoms with Gasteiger partial charge in [0.05, 0.1) is 24.0 Å². The Morgan fingerprint density at radius 1 is 1.53 bits per heavy atom. The molecule has 15 heavy (non-hydrogen) atoms. The summed E-state index contributed by atoms with van der Waals surface area (Å²) in [7, 11) is 1.95. The molecule has 0 aliphatic rings. The second-order valence-corrected chi connectivity index (χ2v) is 3.63. The van der Waals surface area contributed by atoms with Crippen molar-refractivity contribution in [3.63, 3.8) is 0 Å². The fraction of sp³-hybridized carbons (Fsp3) is 0.636. The molecule has 0 aliphatic heterocycles. The normalized spacial score (nSPS) is 10.6. The van der Waals surface area contributed by atoms with Gasteiger partial charge >= 0.3 is 0 Å². The van der Waals surface area contributed by atoms with Gasteiger partial charge in [0.1, 0.15) is 0 Å². The number of aromatic nitrogens is 2. The molecule has 0 aliphatic carbocycles. The molecule has 0 radical (unpaired) electrons. The van der Waals surface area contributed by atoms with Crippen LogP contribution in [0.15, 0.2) is 6.07 Å². The fourth-order valence-corrected chi connectivity index (χ4v) is 1.54. The number of aryl methyl sites for hydroxylation is 2. The first kappa shape index (κ1) is 11.7. The molecule has 0 aromatic carbocycles. The van der Waals surface area contributed by atoms with Gasteiger partial charge in [-0.05, 0) is 26.5 Å². The number of hydrogen-bond acceptors (Lipinski definition) is 3. The largest absolute Gasteiger partial charge is 0.288 e. The third-order valence-electron chi connectivity index (χ3n) is 2.35. The smallest absolute Gasteiger partial charge is 0.0866 e. The van der Waals surface area contributed by atoms with Crippen molar-refractivity contribution in [1.82, 2.24) is 14.7 Å². The van der Waals surface area contributed by atoms with Crippen molar-refractivity contribution >= 4 is 0 Å². The zero-order chi connectivity index (χ0) is 11.3. The molecular formula is C11H18N4. The van der Waals surface area contributed by atoms with Crippen LogP contribution in [0.2, 0.25) is 0 Å². The molecule has 1 aromatic heterocycles. The van der Waals surface area contributed by atoms with Crippen LogP contribution in [-0.4, -0.2) is 28.3 Å². The van der Waals surface area contributed by atoms with Crippen molar-refractivity contribution in [3.05, 3.63) is 17.5 Å². The fourth-order valence-electron chi connectivity index (χ4n) is 1.54. The van der Waals surface area contributed by atoms with Crippen LogP contribution in [0.25, 0.3) is 0 Å². The molecule has 0 amide bonds. The molecular weight excluding hydrogens is 188 g/mol. The maximum Gasteiger partial charge on any atom is 0.0866 e. The van der Waals surface area contributed by atoms with Crippen LogP contribution < -0.4 is 0 Å². The molecule has 4 heteroatoms. The van der Waals surface area contributed by atoms with E-state index in [4.69, 9.17) is 5.26 Å². The first-order valence-electron chi connectivity index (χ1n) is 5.32. The van der Waals surface area contributed by atoms with E-state index < -0.39 is 0 Å². The lowest BCUT2D eigenvalue weighted by atomic mass is 10.3. The van der Waals surface area contributed by atoms with Crippen LogP contribution in [0.3, 0.4) is 0 Å². The summed E-state index contributed by atoms with van der Waals surface area (Å²) < 4.78 is 2.01. The van der Waals surface area contributed by atoms with Crippen molar-refractivity contribution in [3.8, 4) is 6.07 Å². The molecule has 0 fully saturated rings. The van der Waals surface area contributed by atoms with Gasteiger partial charge in [-0.2, -0.15) is 10.4 Å². The summed E-state index contributed by atoms with van der Waals surface area (Å²) in [5, 5.41) is 13.0. The molecule has 1 heterocycles. The van der Waals surface area contributed by atoms with Crippen molar-refractivity contribution in [2.45, 2.75) is 33.4 Å². The van der Waals surface area contributed by atoms with Crippen LogP contribution in [-0.2, 0) is 19.5 Å². The molecule has 0 atom stereocenters. The van der Waals surface area contributed by atoms with Crippen LogP contribution in [0.5, 0.6) is 0 Å². The lowest BCUT2D eigenvalue weighted by molar-refractivity contribution is 0.352. The molecule has 0 saturated heterocycles. The van der Waals surface area contributed by atoms with Crippen molar-refractivity contribution < 1.29 is 0 Å². The predicted molar refractivity (Wildman–Crippen MR) is 59.2 cm³/mol. The molecule has 82 valence electrons. The monoisotopic (exact) mass is 206 g/mol. The first-order valence-corrected chi connectivity index (χ1v) is 5.32. The maximum absolute atomic E-state index is 8.58. The predicted octanol–water partition coefficient (Wildman–Crippen LogP) is 1.42. The highest BCUT2D eigenvalue weighted by atomic mass is 15.3. The third-order valence-corrected chi connectivity index (χ3v) is 2.35. The van der Waals surface area contributed by atoms with E-state index in [9.17, 15) is 0 Å². The van der Waals surface area contributed by atoms with Crippen LogP contribution in [0.1, 0.15) is 25.2 Å². The highest BCUT2D eigenvalue weighted by molar-refractivity contribution is 5.10. The maximum atomic E-state index is 8.58. The van der Waals surface area contributed by atoms with Gasteiger partial charge in [0.15, 0.2) is 0 Å². The Hall–Kier alpha value is -1.34. The Morgan fingerprint density at radius 3 is 2.80 bits per heavy atom. The van der Waals surface area contributed by atoms with E-state index in [2.05, 4.69) is 31.1 Å². The van der Waals surface area contributed by atoms with Gasteiger partial charge in [-0.3, -0.25) is 9.58 Å².